The summed E-state index contributed by atoms with van der Waals surface area (Å²) in [6.07, 6.45) is 3.72. The number of anilines is 1. The Kier molecular flexibility index (Phi) is 6.06. The summed E-state index contributed by atoms with van der Waals surface area (Å²) >= 11 is 0. The minimum absolute atomic E-state index is 0. The number of halogens is 1. The molecule has 2 aliphatic heterocycles. The Morgan fingerprint density at radius 1 is 1.27 bits per heavy atom. The Balaban J connectivity index is 0.00000176. The van der Waals surface area contributed by atoms with Crippen LogP contribution in [0.2, 0.25) is 0 Å². The van der Waals surface area contributed by atoms with E-state index in [0.717, 1.165) is 49.3 Å². The highest BCUT2D eigenvalue weighted by atomic mass is 35.5. The third-order valence-electron chi connectivity index (χ3n) is 4.25. The van der Waals surface area contributed by atoms with E-state index in [1.54, 1.807) is 0 Å². The lowest BCUT2D eigenvalue weighted by atomic mass is 9.92. The summed E-state index contributed by atoms with van der Waals surface area (Å²) in [6.45, 7) is 2.16. The van der Waals surface area contributed by atoms with Crippen molar-refractivity contribution < 1.29 is 14.3 Å². The fraction of sp³-hybridized carbons (Fsp3) is 0.562. The summed E-state index contributed by atoms with van der Waals surface area (Å²) in [7, 11) is 0. The zero-order valence-corrected chi connectivity index (χ0v) is 13.4. The van der Waals surface area contributed by atoms with Gasteiger partial charge in [-0.15, -0.1) is 12.4 Å². The quantitative estimate of drug-likeness (QED) is 0.892. The van der Waals surface area contributed by atoms with E-state index in [0.29, 0.717) is 13.2 Å². The van der Waals surface area contributed by atoms with Gasteiger partial charge in [-0.25, -0.2) is 0 Å². The summed E-state index contributed by atoms with van der Waals surface area (Å²) < 4.78 is 10.9. The third-order valence-corrected chi connectivity index (χ3v) is 4.25. The number of ether oxygens (including phenoxy) is 2. The number of fused-ring (bicyclic) bond motifs is 1. The maximum Gasteiger partial charge on any atom is 0.241 e. The molecule has 2 aliphatic rings. The monoisotopic (exact) mass is 326 g/mol. The largest absolute Gasteiger partial charge is 0.493 e. The Bertz CT molecular complexity index is 518. The van der Waals surface area contributed by atoms with Crippen molar-refractivity contribution in [1.82, 2.24) is 0 Å². The minimum atomic E-state index is -0.471. The Hall–Kier alpha value is -1.30. The summed E-state index contributed by atoms with van der Waals surface area (Å²) in [5.74, 6) is 1.02. The van der Waals surface area contributed by atoms with Gasteiger partial charge in [0.2, 0.25) is 5.91 Å². The normalized spacial score (nSPS) is 19.3. The van der Waals surface area contributed by atoms with E-state index in [1.807, 2.05) is 18.2 Å². The standard InChI is InChI=1S/C16H22N2O3.ClH/c17-15(11-5-8-20-9-6-11)16(19)18-13-3-4-14-12(10-13)2-1-7-21-14;/h3-4,10-11,15H,1-2,5-9,17H2,(H,18,19);1H. The second-order valence-electron chi connectivity index (χ2n) is 5.74. The van der Waals surface area contributed by atoms with Crippen LogP contribution >= 0.6 is 12.4 Å². The van der Waals surface area contributed by atoms with Crippen LogP contribution in [0.4, 0.5) is 5.69 Å². The predicted octanol–water partition coefficient (Wildman–Crippen LogP) is 2.13. The van der Waals surface area contributed by atoms with Gasteiger partial charge in [0.05, 0.1) is 12.6 Å². The fourth-order valence-electron chi connectivity index (χ4n) is 2.95. The molecule has 2 heterocycles. The number of rotatable bonds is 3. The second-order valence-corrected chi connectivity index (χ2v) is 5.74. The summed E-state index contributed by atoms with van der Waals surface area (Å²) in [6, 6.07) is 5.31. The van der Waals surface area contributed by atoms with Gasteiger partial charge in [-0.05, 0) is 55.4 Å². The Morgan fingerprint density at radius 3 is 2.82 bits per heavy atom. The minimum Gasteiger partial charge on any atom is -0.493 e. The van der Waals surface area contributed by atoms with Crippen LogP contribution in [0.25, 0.3) is 0 Å². The van der Waals surface area contributed by atoms with E-state index in [4.69, 9.17) is 15.2 Å². The molecule has 1 fully saturated rings. The lowest BCUT2D eigenvalue weighted by Crippen LogP contribution is -2.44. The van der Waals surface area contributed by atoms with Crippen molar-refractivity contribution in [2.45, 2.75) is 31.7 Å². The van der Waals surface area contributed by atoms with E-state index in [1.165, 1.54) is 0 Å². The molecule has 1 saturated heterocycles. The average molecular weight is 327 g/mol. The predicted molar refractivity (Wildman–Crippen MR) is 87.7 cm³/mol. The molecule has 5 nitrogen and oxygen atoms in total. The van der Waals surface area contributed by atoms with Crippen LogP contribution in [0.15, 0.2) is 18.2 Å². The van der Waals surface area contributed by atoms with Gasteiger partial charge in [-0.1, -0.05) is 0 Å². The highest BCUT2D eigenvalue weighted by molar-refractivity contribution is 5.95. The number of carbonyl (C=O) groups excluding carboxylic acids is 1. The first-order chi connectivity index (χ1) is 10.2. The van der Waals surface area contributed by atoms with Crippen LogP contribution in [-0.4, -0.2) is 31.8 Å². The average Bonchev–Trinajstić information content (AvgIpc) is 2.55. The van der Waals surface area contributed by atoms with E-state index in [9.17, 15) is 4.79 Å². The molecule has 1 amide bonds. The number of amides is 1. The van der Waals surface area contributed by atoms with Crippen molar-refractivity contribution in [3.63, 3.8) is 0 Å². The van der Waals surface area contributed by atoms with Crippen LogP contribution in [0.5, 0.6) is 5.75 Å². The summed E-state index contributed by atoms with van der Waals surface area (Å²) in [5, 5.41) is 2.93. The van der Waals surface area contributed by atoms with E-state index < -0.39 is 6.04 Å². The smallest absolute Gasteiger partial charge is 0.241 e. The molecule has 3 rings (SSSR count). The highest BCUT2D eigenvalue weighted by Gasteiger charge is 2.26. The van der Waals surface area contributed by atoms with Crippen molar-refractivity contribution >= 4 is 24.0 Å². The van der Waals surface area contributed by atoms with Crippen molar-refractivity contribution in [2.24, 2.45) is 11.7 Å². The van der Waals surface area contributed by atoms with E-state index in [2.05, 4.69) is 5.32 Å². The number of aryl methyl sites for hydroxylation is 1. The van der Waals surface area contributed by atoms with Crippen molar-refractivity contribution in [1.29, 1.82) is 0 Å². The molecular formula is C16H23ClN2O3. The van der Waals surface area contributed by atoms with Crippen LogP contribution in [0.1, 0.15) is 24.8 Å². The van der Waals surface area contributed by atoms with Crippen LogP contribution < -0.4 is 15.8 Å². The fourth-order valence-corrected chi connectivity index (χ4v) is 2.95. The number of hydrogen-bond acceptors (Lipinski definition) is 4. The van der Waals surface area contributed by atoms with E-state index >= 15 is 0 Å². The van der Waals surface area contributed by atoms with Gasteiger partial charge in [0.25, 0.3) is 0 Å². The summed E-state index contributed by atoms with van der Waals surface area (Å²) in [4.78, 5) is 12.3. The third kappa shape index (κ3) is 3.91. The molecule has 3 N–H and O–H groups in total. The Morgan fingerprint density at radius 2 is 2.05 bits per heavy atom. The number of nitrogens with two attached hydrogens (primary N) is 1. The van der Waals surface area contributed by atoms with Gasteiger partial charge in [0, 0.05) is 18.9 Å². The first kappa shape index (κ1) is 17.1. The highest BCUT2D eigenvalue weighted by Crippen LogP contribution is 2.28. The molecule has 22 heavy (non-hydrogen) atoms. The number of carbonyl (C=O) groups is 1. The van der Waals surface area contributed by atoms with Gasteiger partial charge in [-0.2, -0.15) is 0 Å². The maximum atomic E-state index is 12.3. The molecule has 1 unspecified atom stereocenters. The van der Waals surface area contributed by atoms with Gasteiger partial charge in [0.15, 0.2) is 0 Å². The molecule has 1 atom stereocenters. The van der Waals surface area contributed by atoms with Crippen LogP contribution in [0.3, 0.4) is 0 Å². The van der Waals surface area contributed by atoms with Gasteiger partial charge in [0.1, 0.15) is 5.75 Å². The summed E-state index contributed by atoms with van der Waals surface area (Å²) in [5.41, 5.74) is 8.03. The first-order valence-electron chi connectivity index (χ1n) is 7.64. The topological polar surface area (TPSA) is 73.6 Å². The van der Waals surface area contributed by atoms with Gasteiger partial charge in [-0.3, -0.25) is 4.79 Å². The molecule has 0 aliphatic carbocycles. The van der Waals surface area contributed by atoms with E-state index in [-0.39, 0.29) is 24.2 Å². The lowest BCUT2D eigenvalue weighted by Gasteiger charge is -2.27. The van der Waals surface area contributed by atoms with Crippen molar-refractivity contribution in [3.05, 3.63) is 23.8 Å². The molecule has 122 valence electrons. The molecule has 0 saturated carbocycles. The molecular weight excluding hydrogens is 304 g/mol. The molecule has 1 aromatic rings. The van der Waals surface area contributed by atoms with Crippen LogP contribution in [-0.2, 0) is 16.0 Å². The van der Waals surface area contributed by atoms with Crippen molar-refractivity contribution in [3.8, 4) is 5.75 Å². The van der Waals surface area contributed by atoms with Gasteiger partial charge < -0.3 is 20.5 Å². The van der Waals surface area contributed by atoms with Crippen molar-refractivity contribution in [2.75, 3.05) is 25.1 Å². The van der Waals surface area contributed by atoms with Crippen LogP contribution in [0, 0.1) is 5.92 Å². The molecule has 0 spiro atoms. The molecule has 6 heteroatoms. The zero-order valence-electron chi connectivity index (χ0n) is 12.5. The van der Waals surface area contributed by atoms with Gasteiger partial charge >= 0.3 is 0 Å². The number of benzene rings is 1. The maximum absolute atomic E-state index is 12.3. The molecule has 0 aromatic heterocycles. The lowest BCUT2D eigenvalue weighted by molar-refractivity contribution is -0.119. The SMILES string of the molecule is Cl.NC(C(=O)Nc1ccc2c(c1)CCCO2)C1CCOCC1. The molecule has 0 radical (unpaired) electrons. The second kappa shape index (κ2) is 7.81. The number of hydrogen-bond donors (Lipinski definition) is 2. The molecule has 1 aromatic carbocycles. The number of nitrogens with one attached hydrogen (secondary N) is 1. The zero-order chi connectivity index (χ0) is 14.7. The first-order valence-corrected chi connectivity index (χ1v) is 7.64. The molecule has 0 bridgehead atoms. The Labute approximate surface area is 137 Å².